The predicted molar refractivity (Wildman–Crippen MR) is 58.6 cm³/mol. The number of benzene rings is 1. The zero-order valence-electron chi connectivity index (χ0n) is 9.01. The van der Waals surface area contributed by atoms with Crippen molar-refractivity contribution < 1.29 is 18.9 Å². The van der Waals surface area contributed by atoms with Crippen LogP contribution in [0.5, 0.6) is 0 Å². The molecule has 0 radical (unpaired) electrons. The molecule has 15 heavy (non-hydrogen) atoms. The molecule has 4 nitrogen and oxygen atoms in total. The van der Waals surface area contributed by atoms with E-state index >= 15 is 0 Å². The summed E-state index contributed by atoms with van der Waals surface area (Å²) in [6.07, 6.45) is -0.610. The van der Waals surface area contributed by atoms with Gasteiger partial charge in [-0.2, -0.15) is 0 Å². The molecule has 0 aromatic heterocycles. The van der Waals surface area contributed by atoms with Gasteiger partial charge in [-0.25, -0.2) is 0 Å². The van der Waals surface area contributed by atoms with Gasteiger partial charge in [-0.05, 0) is 6.07 Å². The maximum atomic E-state index is 11.6. The molecule has 1 N–H and O–H groups in total. The van der Waals surface area contributed by atoms with Gasteiger partial charge in [-0.15, -0.1) is 0 Å². The Labute approximate surface area is 89.3 Å². The molecule has 1 aromatic rings. The Balaban J connectivity index is 3.23. The third-order valence-electron chi connectivity index (χ3n) is 2.07. The summed E-state index contributed by atoms with van der Waals surface area (Å²) in [4.78, 5) is 9.55. The molecule has 1 unspecified atom stereocenters. The van der Waals surface area contributed by atoms with Crippen molar-refractivity contribution in [1.82, 2.24) is 0 Å². The Hall–Kier alpha value is -0.670. The lowest BCUT2D eigenvalue weighted by molar-refractivity contribution is -0.105. The quantitative estimate of drug-likeness (QED) is 0.629. The third kappa shape index (κ3) is 2.89. The molecule has 0 aliphatic heterocycles. The highest BCUT2D eigenvalue weighted by Crippen LogP contribution is 2.37. The van der Waals surface area contributed by atoms with Crippen molar-refractivity contribution in [3.63, 3.8) is 0 Å². The fourth-order valence-electron chi connectivity index (χ4n) is 1.41. The summed E-state index contributed by atoms with van der Waals surface area (Å²) in [5.41, 5.74) is 0.593. The minimum Gasteiger partial charge on any atom is -0.352 e. The largest absolute Gasteiger partial charge is 0.352 e. The number of methoxy groups -OCH3 is 2. The van der Waals surface area contributed by atoms with E-state index in [4.69, 9.17) is 9.47 Å². The molecule has 0 aliphatic rings. The molecular weight excluding hydrogens is 215 g/mol. The fourth-order valence-corrected chi connectivity index (χ4v) is 2.44. The van der Waals surface area contributed by atoms with E-state index in [1.165, 1.54) is 20.9 Å². The second-order valence-corrected chi connectivity index (χ2v) is 5.48. The second-order valence-electron chi connectivity index (χ2n) is 3.24. The molecule has 0 saturated heterocycles. The second kappa shape index (κ2) is 4.90. The van der Waals surface area contributed by atoms with E-state index in [0.717, 1.165) is 0 Å². The van der Waals surface area contributed by atoms with Gasteiger partial charge in [-0.1, -0.05) is 18.2 Å². The van der Waals surface area contributed by atoms with Crippen LogP contribution < -0.4 is 5.30 Å². The molecule has 5 heteroatoms. The summed E-state index contributed by atoms with van der Waals surface area (Å²) in [6.45, 7) is 1.30. The fraction of sp³-hybridized carbons (Fsp3) is 0.400. The van der Waals surface area contributed by atoms with E-state index in [1.807, 2.05) is 0 Å². The van der Waals surface area contributed by atoms with Crippen LogP contribution in [-0.4, -0.2) is 25.8 Å². The van der Waals surface area contributed by atoms with Gasteiger partial charge in [0.1, 0.15) is 0 Å². The van der Waals surface area contributed by atoms with Crippen molar-refractivity contribution in [3.05, 3.63) is 29.8 Å². The van der Waals surface area contributed by atoms with Crippen molar-refractivity contribution >= 4 is 12.7 Å². The lowest BCUT2D eigenvalue weighted by Crippen LogP contribution is -2.16. The van der Waals surface area contributed by atoms with Gasteiger partial charge in [0, 0.05) is 31.8 Å². The standard InChI is InChI=1S/C10H15O4P/c1-13-10(14-2)8-6-4-5-7-9(8)15(3,11)12/h4-7,10H,1-3H3,(H,11,12). The number of hydrogen-bond donors (Lipinski definition) is 1. The van der Waals surface area contributed by atoms with Gasteiger partial charge in [0.2, 0.25) is 7.37 Å². The molecule has 0 saturated carbocycles. The molecule has 1 aromatic carbocycles. The maximum Gasteiger partial charge on any atom is 0.227 e. The van der Waals surface area contributed by atoms with E-state index in [9.17, 15) is 9.46 Å². The highest BCUT2D eigenvalue weighted by Gasteiger charge is 2.22. The van der Waals surface area contributed by atoms with E-state index < -0.39 is 13.7 Å². The van der Waals surface area contributed by atoms with Crippen molar-refractivity contribution in [2.75, 3.05) is 20.9 Å². The predicted octanol–water partition coefficient (Wildman–Crippen LogP) is 1.50. The molecular formula is C10H15O4P. The van der Waals surface area contributed by atoms with E-state index in [0.29, 0.717) is 10.9 Å². The van der Waals surface area contributed by atoms with E-state index in [-0.39, 0.29) is 0 Å². The molecule has 1 rings (SSSR count). The van der Waals surface area contributed by atoms with Crippen LogP contribution in [0.1, 0.15) is 11.9 Å². The minimum atomic E-state index is -3.30. The van der Waals surface area contributed by atoms with Crippen LogP contribution in [0.2, 0.25) is 0 Å². The topological polar surface area (TPSA) is 55.8 Å². The van der Waals surface area contributed by atoms with Gasteiger partial charge in [0.15, 0.2) is 6.29 Å². The SMILES string of the molecule is COC(OC)c1ccccc1P(C)(=O)O. The van der Waals surface area contributed by atoms with E-state index in [1.54, 1.807) is 24.3 Å². The molecule has 0 heterocycles. The first-order valence-electron chi connectivity index (χ1n) is 4.46. The van der Waals surface area contributed by atoms with Crippen molar-refractivity contribution in [2.45, 2.75) is 6.29 Å². The average Bonchev–Trinajstić information content (AvgIpc) is 2.19. The summed E-state index contributed by atoms with van der Waals surface area (Å²) >= 11 is 0. The first-order valence-corrected chi connectivity index (χ1v) is 6.56. The molecule has 0 fully saturated rings. The summed E-state index contributed by atoms with van der Waals surface area (Å²) < 4.78 is 21.8. The highest BCUT2D eigenvalue weighted by atomic mass is 31.2. The van der Waals surface area contributed by atoms with Gasteiger partial charge in [0.05, 0.1) is 0 Å². The number of hydrogen-bond acceptors (Lipinski definition) is 3. The Bertz CT molecular complexity index is 367. The van der Waals surface area contributed by atoms with Gasteiger partial charge < -0.3 is 14.4 Å². The third-order valence-corrected chi connectivity index (χ3v) is 3.37. The van der Waals surface area contributed by atoms with E-state index in [2.05, 4.69) is 0 Å². The van der Waals surface area contributed by atoms with Crippen molar-refractivity contribution in [2.24, 2.45) is 0 Å². The Morgan fingerprint density at radius 2 is 1.80 bits per heavy atom. The van der Waals surface area contributed by atoms with Crippen LogP contribution in [0, 0.1) is 0 Å². The molecule has 84 valence electrons. The Morgan fingerprint density at radius 3 is 2.27 bits per heavy atom. The van der Waals surface area contributed by atoms with Crippen LogP contribution in [0.3, 0.4) is 0 Å². The molecule has 0 aliphatic carbocycles. The van der Waals surface area contributed by atoms with Gasteiger partial charge >= 0.3 is 0 Å². The molecule has 1 atom stereocenters. The van der Waals surface area contributed by atoms with Crippen LogP contribution in [0.25, 0.3) is 0 Å². The zero-order chi connectivity index (χ0) is 11.5. The Kier molecular flexibility index (Phi) is 4.05. The summed E-state index contributed by atoms with van der Waals surface area (Å²) in [7, 11) is -0.318. The van der Waals surface area contributed by atoms with Gasteiger partial charge in [-0.3, -0.25) is 4.57 Å². The monoisotopic (exact) mass is 230 g/mol. The van der Waals surface area contributed by atoms with Crippen LogP contribution in [-0.2, 0) is 14.0 Å². The van der Waals surface area contributed by atoms with Crippen LogP contribution >= 0.6 is 7.37 Å². The number of rotatable bonds is 4. The number of ether oxygens (including phenoxy) is 2. The first kappa shape index (κ1) is 12.4. The zero-order valence-corrected chi connectivity index (χ0v) is 9.90. The van der Waals surface area contributed by atoms with Crippen LogP contribution in [0.4, 0.5) is 0 Å². The highest BCUT2D eigenvalue weighted by molar-refractivity contribution is 7.65. The summed E-state index contributed by atoms with van der Waals surface area (Å²) in [6, 6.07) is 6.83. The lowest BCUT2D eigenvalue weighted by Gasteiger charge is -2.18. The van der Waals surface area contributed by atoms with Crippen LogP contribution in [0.15, 0.2) is 24.3 Å². The summed E-state index contributed by atoms with van der Waals surface area (Å²) in [5, 5.41) is 0.374. The van der Waals surface area contributed by atoms with Crippen molar-refractivity contribution in [1.29, 1.82) is 0 Å². The minimum absolute atomic E-state index is 0.374. The maximum absolute atomic E-state index is 11.6. The average molecular weight is 230 g/mol. The van der Waals surface area contributed by atoms with Gasteiger partial charge in [0.25, 0.3) is 0 Å². The molecule has 0 amide bonds. The summed E-state index contributed by atoms with van der Waals surface area (Å²) in [5.74, 6) is 0. The normalized spacial score (nSPS) is 15.3. The smallest absolute Gasteiger partial charge is 0.227 e. The Morgan fingerprint density at radius 1 is 1.27 bits per heavy atom. The first-order chi connectivity index (χ1) is 7.00. The van der Waals surface area contributed by atoms with Crippen molar-refractivity contribution in [3.8, 4) is 0 Å². The lowest BCUT2D eigenvalue weighted by atomic mass is 10.2. The molecule has 0 bridgehead atoms. The molecule has 0 spiro atoms.